The molecule has 26 heavy (non-hydrogen) atoms. The highest BCUT2D eigenvalue weighted by Crippen LogP contribution is 2.17. The van der Waals surface area contributed by atoms with Gasteiger partial charge in [0.25, 0.3) is 0 Å². The van der Waals surface area contributed by atoms with Crippen LogP contribution in [-0.2, 0) is 10.5 Å². The summed E-state index contributed by atoms with van der Waals surface area (Å²) < 4.78 is 0. The number of thioether (sulfide) groups is 1. The van der Waals surface area contributed by atoms with Crippen LogP contribution in [0.3, 0.4) is 0 Å². The Morgan fingerprint density at radius 2 is 1.73 bits per heavy atom. The van der Waals surface area contributed by atoms with Crippen molar-refractivity contribution in [2.75, 3.05) is 18.8 Å². The molecule has 144 valence electrons. The van der Waals surface area contributed by atoms with Gasteiger partial charge < -0.3 is 16.0 Å². The molecular weight excluding hydrogens is 346 g/mol. The van der Waals surface area contributed by atoms with Crippen molar-refractivity contribution in [1.82, 2.24) is 16.0 Å². The van der Waals surface area contributed by atoms with E-state index < -0.39 is 0 Å². The summed E-state index contributed by atoms with van der Waals surface area (Å²) in [7, 11) is 0. The second-order valence-corrected chi connectivity index (χ2v) is 7.98. The molecule has 1 saturated carbocycles. The number of amides is 3. The first-order valence-electron chi connectivity index (χ1n) is 9.58. The van der Waals surface area contributed by atoms with E-state index in [-0.39, 0.29) is 11.9 Å². The summed E-state index contributed by atoms with van der Waals surface area (Å²) in [5, 5.41) is 8.63. The zero-order valence-corrected chi connectivity index (χ0v) is 16.5. The van der Waals surface area contributed by atoms with Crippen molar-refractivity contribution in [1.29, 1.82) is 0 Å². The summed E-state index contributed by atoms with van der Waals surface area (Å²) in [6.45, 7) is 3.08. The first-order chi connectivity index (χ1) is 12.6. The third kappa shape index (κ3) is 8.61. The van der Waals surface area contributed by atoms with Crippen LogP contribution in [0, 0.1) is 6.92 Å². The summed E-state index contributed by atoms with van der Waals surface area (Å²) in [5.74, 6) is 1.85. The minimum Gasteiger partial charge on any atom is -0.353 e. The van der Waals surface area contributed by atoms with Crippen molar-refractivity contribution >= 4 is 23.7 Å². The van der Waals surface area contributed by atoms with Crippen LogP contribution in [0.25, 0.3) is 0 Å². The zero-order valence-electron chi connectivity index (χ0n) is 15.7. The maximum atomic E-state index is 11.9. The van der Waals surface area contributed by atoms with E-state index in [4.69, 9.17) is 0 Å². The molecule has 0 aromatic heterocycles. The smallest absolute Gasteiger partial charge is 0.314 e. The van der Waals surface area contributed by atoms with Gasteiger partial charge in [-0.05, 0) is 25.3 Å². The van der Waals surface area contributed by atoms with Crippen LogP contribution < -0.4 is 16.0 Å². The molecule has 0 atom stereocenters. The second kappa shape index (κ2) is 11.8. The SMILES string of the molecule is Cc1ccc(CSCCNC(=O)NCCC(=O)NC2CCCCC2)cc1. The van der Waals surface area contributed by atoms with Gasteiger partial charge in [0.1, 0.15) is 0 Å². The first kappa shape index (κ1) is 20.6. The summed E-state index contributed by atoms with van der Waals surface area (Å²) >= 11 is 1.80. The lowest BCUT2D eigenvalue weighted by atomic mass is 9.95. The fourth-order valence-corrected chi connectivity index (χ4v) is 3.83. The number of urea groups is 1. The van der Waals surface area contributed by atoms with Crippen LogP contribution >= 0.6 is 11.8 Å². The monoisotopic (exact) mass is 377 g/mol. The number of benzene rings is 1. The summed E-state index contributed by atoms with van der Waals surface area (Å²) in [6, 6.07) is 8.64. The lowest BCUT2D eigenvalue weighted by molar-refractivity contribution is -0.121. The number of carbonyl (C=O) groups is 2. The molecule has 0 unspecified atom stereocenters. The third-order valence-corrected chi connectivity index (χ3v) is 5.56. The van der Waals surface area contributed by atoms with Gasteiger partial charge >= 0.3 is 6.03 Å². The Morgan fingerprint density at radius 3 is 2.46 bits per heavy atom. The van der Waals surface area contributed by atoms with E-state index >= 15 is 0 Å². The summed E-state index contributed by atoms with van der Waals surface area (Å²) in [5.41, 5.74) is 2.57. The van der Waals surface area contributed by atoms with E-state index in [1.807, 2.05) is 0 Å². The van der Waals surface area contributed by atoms with Gasteiger partial charge in [0.15, 0.2) is 0 Å². The first-order valence-corrected chi connectivity index (χ1v) is 10.7. The van der Waals surface area contributed by atoms with Crippen LogP contribution in [0.15, 0.2) is 24.3 Å². The number of hydrogen-bond donors (Lipinski definition) is 3. The molecule has 2 rings (SSSR count). The van der Waals surface area contributed by atoms with E-state index in [0.717, 1.165) is 24.3 Å². The quantitative estimate of drug-likeness (QED) is 0.578. The fourth-order valence-electron chi connectivity index (χ4n) is 3.01. The molecule has 6 heteroatoms. The number of carbonyl (C=O) groups excluding carboxylic acids is 2. The molecule has 5 nitrogen and oxygen atoms in total. The van der Waals surface area contributed by atoms with Gasteiger partial charge in [-0.15, -0.1) is 0 Å². The standard InChI is InChI=1S/C20H31N3O2S/c1-16-7-9-17(10-8-16)15-26-14-13-22-20(25)21-12-11-19(24)23-18-5-3-2-4-6-18/h7-10,18H,2-6,11-15H2,1H3,(H,23,24)(H2,21,22,25). The van der Waals surface area contributed by atoms with Crippen molar-refractivity contribution in [2.24, 2.45) is 0 Å². The topological polar surface area (TPSA) is 70.2 Å². The average Bonchev–Trinajstić information content (AvgIpc) is 2.64. The van der Waals surface area contributed by atoms with Crippen molar-refractivity contribution in [3.8, 4) is 0 Å². The second-order valence-electron chi connectivity index (χ2n) is 6.87. The molecule has 1 fully saturated rings. The van der Waals surface area contributed by atoms with E-state index in [1.165, 1.54) is 30.4 Å². The van der Waals surface area contributed by atoms with Gasteiger partial charge in [-0.25, -0.2) is 4.79 Å². The molecule has 1 aromatic rings. The maximum absolute atomic E-state index is 11.9. The number of rotatable bonds is 9. The number of nitrogens with one attached hydrogen (secondary N) is 3. The predicted molar refractivity (Wildman–Crippen MR) is 108 cm³/mol. The molecule has 3 N–H and O–H groups in total. The van der Waals surface area contributed by atoms with Gasteiger partial charge in [-0.2, -0.15) is 11.8 Å². The molecule has 1 aliphatic carbocycles. The summed E-state index contributed by atoms with van der Waals surface area (Å²) in [4.78, 5) is 23.6. The molecule has 0 radical (unpaired) electrons. The zero-order chi connectivity index (χ0) is 18.6. The van der Waals surface area contributed by atoms with Crippen molar-refractivity contribution in [3.05, 3.63) is 35.4 Å². The van der Waals surface area contributed by atoms with Gasteiger partial charge in [0.2, 0.25) is 5.91 Å². The van der Waals surface area contributed by atoms with Gasteiger partial charge in [-0.1, -0.05) is 49.1 Å². The predicted octanol–water partition coefficient (Wildman–Crippen LogP) is 3.37. The molecular formula is C20H31N3O2S. The Bertz CT molecular complexity index is 557. The molecule has 1 aromatic carbocycles. The van der Waals surface area contributed by atoms with Crippen LogP contribution in [0.4, 0.5) is 4.79 Å². The van der Waals surface area contributed by atoms with Gasteiger partial charge in [0.05, 0.1) is 0 Å². The third-order valence-electron chi connectivity index (χ3n) is 4.53. The Hall–Kier alpha value is -1.69. The van der Waals surface area contributed by atoms with E-state index in [2.05, 4.69) is 47.1 Å². The Kier molecular flexibility index (Phi) is 9.39. The largest absolute Gasteiger partial charge is 0.353 e. The molecule has 0 saturated heterocycles. The molecule has 0 bridgehead atoms. The van der Waals surface area contributed by atoms with Crippen molar-refractivity contribution < 1.29 is 9.59 Å². The van der Waals surface area contributed by atoms with Crippen LogP contribution in [0.2, 0.25) is 0 Å². The fraction of sp³-hybridized carbons (Fsp3) is 0.600. The molecule has 0 aliphatic heterocycles. The maximum Gasteiger partial charge on any atom is 0.314 e. The Balaban J connectivity index is 1.45. The Morgan fingerprint density at radius 1 is 1.04 bits per heavy atom. The highest BCUT2D eigenvalue weighted by molar-refractivity contribution is 7.98. The Labute approximate surface area is 161 Å². The van der Waals surface area contributed by atoms with Gasteiger partial charge in [0, 0.05) is 37.1 Å². The molecule has 1 aliphatic rings. The molecule has 0 spiro atoms. The van der Waals surface area contributed by atoms with E-state index in [9.17, 15) is 9.59 Å². The minimum atomic E-state index is -0.202. The molecule has 3 amide bonds. The summed E-state index contributed by atoms with van der Waals surface area (Å²) in [6.07, 6.45) is 6.18. The molecule has 0 heterocycles. The van der Waals surface area contributed by atoms with Crippen LogP contribution in [-0.4, -0.2) is 36.8 Å². The minimum absolute atomic E-state index is 0.0332. The highest BCUT2D eigenvalue weighted by atomic mass is 32.2. The van der Waals surface area contributed by atoms with E-state index in [1.54, 1.807) is 11.8 Å². The average molecular weight is 378 g/mol. The lowest BCUT2D eigenvalue weighted by Gasteiger charge is -2.22. The van der Waals surface area contributed by atoms with Gasteiger partial charge in [-0.3, -0.25) is 4.79 Å². The van der Waals surface area contributed by atoms with Crippen LogP contribution in [0.5, 0.6) is 0 Å². The van der Waals surface area contributed by atoms with Crippen LogP contribution in [0.1, 0.15) is 49.7 Å². The van der Waals surface area contributed by atoms with Crippen molar-refractivity contribution in [3.63, 3.8) is 0 Å². The number of aryl methyl sites for hydroxylation is 1. The number of hydrogen-bond acceptors (Lipinski definition) is 3. The highest BCUT2D eigenvalue weighted by Gasteiger charge is 2.15. The lowest BCUT2D eigenvalue weighted by Crippen LogP contribution is -2.40. The normalized spacial score (nSPS) is 14.7. The van der Waals surface area contributed by atoms with Crippen molar-refractivity contribution in [2.45, 2.75) is 57.2 Å². The van der Waals surface area contributed by atoms with E-state index in [0.29, 0.717) is 25.6 Å².